The van der Waals surface area contributed by atoms with E-state index in [1.807, 2.05) is 54.6 Å². The number of anilines is 2. The molecular formula is C22H18ClN3O2. The zero-order valence-electron chi connectivity index (χ0n) is 15.0. The largest absolute Gasteiger partial charge is 0.489 e. The zero-order chi connectivity index (χ0) is 19.8. The van der Waals surface area contributed by atoms with Crippen molar-refractivity contribution in [3.05, 3.63) is 88.9 Å². The van der Waals surface area contributed by atoms with E-state index in [9.17, 15) is 4.79 Å². The van der Waals surface area contributed by atoms with Crippen LogP contribution in [0.25, 0.3) is 0 Å². The summed E-state index contributed by atoms with van der Waals surface area (Å²) in [6.07, 6.45) is 0. The summed E-state index contributed by atoms with van der Waals surface area (Å²) < 4.78 is 5.74. The molecule has 140 valence electrons. The Morgan fingerprint density at radius 1 is 0.929 bits per heavy atom. The van der Waals surface area contributed by atoms with Crippen molar-refractivity contribution in [2.45, 2.75) is 6.61 Å². The third kappa shape index (κ3) is 5.76. The molecule has 0 saturated heterocycles. The highest BCUT2D eigenvalue weighted by Crippen LogP contribution is 2.18. The van der Waals surface area contributed by atoms with Crippen molar-refractivity contribution in [3.8, 4) is 11.8 Å². The molecule has 3 aromatic rings. The van der Waals surface area contributed by atoms with Crippen LogP contribution in [0.15, 0.2) is 72.8 Å². The molecule has 0 atom stereocenters. The van der Waals surface area contributed by atoms with Crippen LogP contribution >= 0.6 is 11.6 Å². The van der Waals surface area contributed by atoms with E-state index in [4.69, 9.17) is 21.6 Å². The van der Waals surface area contributed by atoms with Gasteiger partial charge in [-0.1, -0.05) is 23.7 Å². The van der Waals surface area contributed by atoms with Crippen molar-refractivity contribution in [1.82, 2.24) is 0 Å². The minimum Gasteiger partial charge on any atom is -0.489 e. The molecule has 0 saturated carbocycles. The van der Waals surface area contributed by atoms with Crippen LogP contribution in [0.1, 0.15) is 11.1 Å². The maximum atomic E-state index is 12.0. The molecule has 3 aromatic carbocycles. The van der Waals surface area contributed by atoms with E-state index in [1.165, 1.54) is 0 Å². The molecule has 0 spiro atoms. The summed E-state index contributed by atoms with van der Waals surface area (Å²) in [5, 5.41) is 15.3. The molecule has 1 amide bonds. The molecule has 0 fully saturated rings. The quantitative estimate of drug-likeness (QED) is 0.604. The number of halogens is 1. The van der Waals surface area contributed by atoms with E-state index >= 15 is 0 Å². The lowest BCUT2D eigenvalue weighted by atomic mass is 10.2. The number of hydrogen-bond acceptors (Lipinski definition) is 4. The fraction of sp³-hybridized carbons (Fsp3) is 0.0909. The number of nitriles is 1. The van der Waals surface area contributed by atoms with Crippen LogP contribution in [0.2, 0.25) is 5.02 Å². The first-order valence-corrected chi connectivity index (χ1v) is 9.01. The summed E-state index contributed by atoms with van der Waals surface area (Å²) >= 11 is 5.87. The van der Waals surface area contributed by atoms with E-state index in [2.05, 4.69) is 10.6 Å². The fourth-order valence-electron chi connectivity index (χ4n) is 2.43. The van der Waals surface area contributed by atoms with Crippen molar-refractivity contribution in [2.75, 3.05) is 17.2 Å². The topological polar surface area (TPSA) is 74.2 Å². The van der Waals surface area contributed by atoms with Crippen LogP contribution in [0.5, 0.6) is 5.75 Å². The van der Waals surface area contributed by atoms with E-state index in [0.29, 0.717) is 22.9 Å². The van der Waals surface area contributed by atoms with Crippen molar-refractivity contribution in [2.24, 2.45) is 0 Å². The second-order valence-electron chi connectivity index (χ2n) is 6.03. The summed E-state index contributed by atoms with van der Waals surface area (Å²) in [7, 11) is 0. The van der Waals surface area contributed by atoms with E-state index in [-0.39, 0.29) is 12.5 Å². The normalized spacial score (nSPS) is 10.0. The van der Waals surface area contributed by atoms with Crippen LogP contribution in [0.4, 0.5) is 11.4 Å². The minimum atomic E-state index is -0.173. The summed E-state index contributed by atoms with van der Waals surface area (Å²) in [5.41, 5.74) is 3.05. The van der Waals surface area contributed by atoms with Gasteiger partial charge in [-0.05, 0) is 66.2 Å². The SMILES string of the molecule is N#Cc1ccc(NC(=O)CNc2ccc(OCc3ccc(Cl)cc3)cc2)cc1. The first-order valence-electron chi connectivity index (χ1n) is 8.63. The average Bonchev–Trinajstić information content (AvgIpc) is 2.73. The summed E-state index contributed by atoms with van der Waals surface area (Å²) in [6, 6.07) is 23.6. The molecule has 6 heteroatoms. The van der Waals surface area contributed by atoms with Gasteiger partial charge in [0.2, 0.25) is 5.91 Å². The summed E-state index contributed by atoms with van der Waals surface area (Å²) in [5.74, 6) is 0.565. The van der Waals surface area contributed by atoms with Gasteiger partial charge in [0.05, 0.1) is 18.2 Å². The molecule has 0 heterocycles. The van der Waals surface area contributed by atoms with Crippen molar-refractivity contribution < 1.29 is 9.53 Å². The highest BCUT2D eigenvalue weighted by Gasteiger charge is 2.03. The smallest absolute Gasteiger partial charge is 0.243 e. The highest BCUT2D eigenvalue weighted by atomic mass is 35.5. The molecule has 5 nitrogen and oxygen atoms in total. The van der Waals surface area contributed by atoms with Crippen LogP contribution < -0.4 is 15.4 Å². The minimum absolute atomic E-state index is 0.130. The van der Waals surface area contributed by atoms with Gasteiger partial charge in [-0.25, -0.2) is 0 Å². The average molecular weight is 392 g/mol. The standard InChI is InChI=1S/C22H18ClN3O2/c23-18-5-1-17(2-6-18)15-28-21-11-9-19(10-12-21)25-14-22(27)26-20-7-3-16(13-24)4-8-20/h1-12,25H,14-15H2,(H,26,27). The predicted octanol–water partition coefficient (Wildman–Crippen LogP) is 4.84. The van der Waals surface area contributed by atoms with E-state index in [1.54, 1.807) is 24.3 Å². The molecule has 28 heavy (non-hydrogen) atoms. The van der Waals surface area contributed by atoms with E-state index < -0.39 is 0 Å². The first kappa shape index (κ1) is 19.3. The van der Waals surface area contributed by atoms with Gasteiger partial charge in [0.1, 0.15) is 12.4 Å². The molecule has 0 aliphatic heterocycles. The summed E-state index contributed by atoms with van der Waals surface area (Å²) in [6.45, 7) is 0.585. The van der Waals surface area contributed by atoms with Gasteiger partial charge in [0.25, 0.3) is 0 Å². The Hall–Kier alpha value is -3.49. The number of rotatable bonds is 7. The second-order valence-corrected chi connectivity index (χ2v) is 6.47. The number of nitrogens with one attached hydrogen (secondary N) is 2. The van der Waals surface area contributed by atoms with Crippen molar-refractivity contribution >= 4 is 28.9 Å². The van der Waals surface area contributed by atoms with Gasteiger partial charge in [-0.15, -0.1) is 0 Å². The van der Waals surface area contributed by atoms with Gasteiger partial charge in [0, 0.05) is 16.4 Å². The molecular weight excluding hydrogens is 374 g/mol. The Balaban J connectivity index is 1.45. The van der Waals surface area contributed by atoms with Crippen LogP contribution in [-0.4, -0.2) is 12.5 Å². The first-order chi connectivity index (χ1) is 13.6. The van der Waals surface area contributed by atoms with Crippen LogP contribution in [0, 0.1) is 11.3 Å². The third-order valence-electron chi connectivity index (χ3n) is 3.92. The molecule has 0 aliphatic rings. The monoisotopic (exact) mass is 391 g/mol. The molecule has 3 rings (SSSR count). The van der Waals surface area contributed by atoms with Gasteiger partial charge < -0.3 is 15.4 Å². The van der Waals surface area contributed by atoms with Crippen LogP contribution in [-0.2, 0) is 11.4 Å². The number of nitrogens with zero attached hydrogens (tertiary/aromatic N) is 1. The van der Waals surface area contributed by atoms with Crippen molar-refractivity contribution in [3.63, 3.8) is 0 Å². The predicted molar refractivity (Wildman–Crippen MR) is 111 cm³/mol. The lowest BCUT2D eigenvalue weighted by Gasteiger charge is -2.10. The van der Waals surface area contributed by atoms with E-state index in [0.717, 1.165) is 17.0 Å². The number of benzene rings is 3. The Morgan fingerprint density at radius 2 is 1.57 bits per heavy atom. The zero-order valence-corrected chi connectivity index (χ0v) is 15.7. The van der Waals surface area contributed by atoms with Gasteiger partial charge >= 0.3 is 0 Å². The Morgan fingerprint density at radius 3 is 2.21 bits per heavy atom. The molecule has 2 N–H and O–H groups in total. The summed E-state index contributed by atoms with van der Waals surface area (Å²) in [4.78, 5) is 12.0. The lowest BCUT2D eigenvalue weighted by molar-refractivity contribution is -0.114. The number of amides is 1. The fourth-order valence-corrected chi connectivity index (χ4v) is 2.56. The molecule has 0 radical (unpaired) electrons. The Kier molecular flexibility index (Phi) is 6.50. The van der Waals surface area contributed by atoms with Crippen LogP contribution in [0.3, 0.4) is 0 Å². The van der Waals surface area contributed by atoms with Gasteiger partial charge in [0.15, 0.2) is 0 Å². The number of hydrogen-bond donors (Lipinski definition) is 2. The maximum Gasteiger partial charge on any atom is 0.243 e. The number of carbonyl (C=O) groups excluding carboxylic acids is 1. The highest BCUT2D eigenvalue weighted by molar-refractivity contribution is 6.30. The van der Waals surface area contributed by atoms with Crippen molar-refractivity contribution in [1.29, 1.82) is 5.26 Å². The second kappa shape index (κ2) is 9.45. The maximum absolute atomic E-state index is 12.0. The van der Waals surface area contributed by atoms with Gasteiger partial charge in [-0.2, -0.15) is 5.26 Å². The lowest BCUT2D eigenvalue weighted by Crippen LogP contribution is -2.21. The molecule has 0 aliphatic carbocycles. The molecule has 0 bridgehead atoms. The molecule has 0 aromatic heterocycles. The Labute approximate surface area is 168 Å². The molecule has 0 unspecified atom stereocenters. The number of ether oxygens (including phenoxy) is 1. The Bertz CT molecular complexity index is 963. The van der Waals surface area contributed by atoms with Gasteiger partial charge in [-0.3, -0.25) is 4.79 Å². The number of carbonyl (C=O) groups is 1. The third-order valence-corrected chi connectivity index (χ3v) is 4.18.